The molecular formula is C23H19Br2N3O2. The number of hydrogen-bond donors (Lipinski definition) is 1. The second-order valence-corrected chi connectivity index (χ2v) is 8.78. The number of furan rings is 1. The number of fused-ring (bicyclic) bond motifs is 1. The first-order valence-electron chi connectivity index (χ1n) is 9.35. The number of benzene rings is 2. The molecule has 0 unspecified atom stereocenters. The molecule has 0 bridgehead atoms. The third-order valence-corrected chi connectivity index (χ3v) is 5.97. The van der Waals surface area contributed by atoms with Crippen LogP contribution in [0.2, 0.25) is 0 Å². The average Bonchev–Trinajstić information content (AvgIpc) is 3.26. The highest BCUT2D eigenvalue weighted by atomic mass is 79.9. The zero-order valence-electron chi connectivity index (χ0n) is 16.4. The molecular weight excluding hydrogens is 510 g/mol. The number of aromatic nitrogens is 1. The quantitative estimate of drug-likeness (QED) is 0.248. The Balaban J connectivity index is 1.49. The van der Waals surface area contributed by atoms with Crippen LogP contribution < -0.4 is 5.43 Å². The summed E-state index contributed by atoms with van der Waals surface area (Å²) in [4.78, 5) is 12.4. The van der Waals surface area contributed by atoms with Crippen molar-refractivity contribution in [3.63, 3.8) is 0 Å². The zero-order valence-corrected chi connectivity index (χ0v) is 19.6. The molecule has 0 atom stereocenters. The van der Waals surface area contributed by atoms with Gasteiger partial charge in [0, 0.05) is 33.4 Å². The lowest BCUT2D eigenvalue weighted by atomic mass is 10.2. The summed E-state index contributed by atoms with van der Waals surface area (Å²) in [7, 11) is 0. The number of carbonyl (C=O) groups is 1. The van der Waals surface area contributed by atoms with Crippen LogP contribution in [0.25, 0.3) is 11.0 Å². The maximum Gasteiger partial charge on any atom is 0.307 e. The molecule has 0 saturated carbocycles. The molecule has 152 valence electrons. The van der Waals surface area contributed by atoms with Gasteiger partial charge in [0.15, 0.2) is 5.76 Å². The SMILES string of the molecule is Cc1cc(/C=N\NC(=O)c2cc3cc(Br)cc(Br)c3o2)c(C)n1Cc1ccccc1. The van der Waals surface area contributed by atoms with Crippen LogP contribution in [0.5, 0.6) is 0 Å². The minimum absolute atomic E-state index is 0.204. The van der Waals surface area contributed by atoms with E-state index in [1.54, 1.807) is 12.3 Å². The van der Waals surface area contributed by atoms with Crippen LogP contribution in [-0.2, 0) is 6.54 Å². The number of aryl methyl sites for hydroxylation is 1. The molecule has 0 aliphatic rings. The van der Waals surface area contributed by atoms with Crippen molar-refractivity contribution in [1.29, 1.82) is 0 Å². The van der Waals surface area contributed by atoms with Gasteiger partial charge in [0.2, 0.25) is 0 Å². The van der Waals surface area contributed by atoms with E-state index in [2.05, 4.69) is 72.1 Å². The molecule has 2 aromatic heterocycles. The van der Waals surface area contributed by atoms with Crippen molar-refractivity contribution in [2.24, 2.45) is 5.10 Å². The number of nitrogens with one attached hydrogen (secondary N) is 1. The van der Waals surface area contributed by atoms with E-state index in [-0.39, 0.29) is 5.76 Å². The largest absolute Gasteiger partial charge is 0.450 e. The Morgan fingerprint density at radius 2 is 1.90 bits per heavy atom. The van der Waals surface area contributed by atoms with Gasteiger partial charge in [-0.25, -0.2) is 5.43 Å². The first-order chi connectivity index (χ1) is 14.4. The maximum atomic E-state index is 12.4. The monoisotopic (exact) mass is 527 g/mol. The maximum absolute atomic E-state index is 12.4. The Morgan fingerprint density at radius 1 is 1.13 bits per heavy atom. The normalized spacial score (nSPS) is 11.5. The van der Waals surface area contributed by atoms with E-state index in [1.165, 1.54) is 5.56 Å². The van der Waals surface area contributed by atoms with Gasteiger partial charge in [0.05, 0.1) is 10.7 Å². The molecule has 2 heterocycles. The van der Waals surface area contributed by atoms with Crippen molar-refractivity contribution in [2.75, 3.05) is 0 Å². The first-order valence-corrected chi connectivity index (χ1v) is 10.9. The highest BCUT2D eigenvalue weighted by molar-refractivity contribution is 9.11. The Bertz CT molecular complexity index is 1260. The predicted molar refractivity (Wildman–Crippen MR) is 126 cm³/mol. The summed E-state index contributed by atoms with van der Waals surface area (Å²) in [6, 6.07) is 17.8. The molecule has 7 heteroatoms. The van der Waals surface area contributed by atoms with E-state index in [9.17, 15) is 4.79 Å². The zero-order chi connectivity index (χ0) is 21.3. The van der Waals surface area contributed by atoms with Crippen LogP contribution in [0, 0.1) is 13.8 Å². The molecule has 4 aromatic rings. The van der Waals surface area contributed by atoms with Crippen LogP contribution in [0.4, 0.5) is 0 Å². The Kier molecular flexibility index (Phi) is 5.92. The second kappa shape index (κ2) is 8.62. The second-order valence-electron chi connectivity index (χ2n) is 7.01. The molecule has 0 aliphatic carbocycles. The van der Waals surface area contributed by atoms with E-state index in [4.69, 9.17) is 4.42 Å². The minimum Gasteiger partial charge on any atom is -0.450 e. The first kappa shape index (κ1) is 20.6. The fourth-order valence-electron chi connectivity index (χ4n) is 3.37. The molecule has 0 spiro atoms. The summed E-state index contributed by atoms with van der Waals surface area (Å²) < 4.78 is 9.58. The van der Waals surface area contributed by atoms with Gasteiger partial charge >= 0.3 is 5.91 Å². The van der Waals surface area contributed by atoms with Gasteiger partial charge in [0.1, 0.15) is 5.58 Å². The lowest BCUT2D eigenvalue weighted by molar-refractivity contribution is 0.0929. The van der Waals surface area contributed by atoms with Crippen molar-refractivity contribution in [3.05, 3.63) is 91.8 Å². The summed E-state index contributed by atoms with van der Waals surface area (Å²) >= 11 is 6.88. The average molecular weight is 529 g/mol. The number of amides is 1. The third kappa shape index (κ3) is 4.27. The molecule has 0 fully saturated rings. The van der Waals surface area contributed by atoms with E-state index in [0.717, 1.165) is 37.8 Å². The fourth-order valence-corrected chi connectivity index (χ4v) is 4.71. The number of carbonyl (C=O) groups excluding carboxylic acids is 1. The smallest absolute Gasteiger partial charge is 0.307 e. The summed E-state index contributed by atoms with van der Waals surface area (Å²) in [6.07, 6.45) is 1.66. The Morgan fingerprint density at radius 3 is 2.67 bits per heavy atom. The van der Waals surface area contributed by atoms with Gasteiger partial charge in [-0.1, -0.05) is 46.3 Å². The van der Waals surface area contributed by atoms with Gasteiger partial charge in [-0.2, -0.15) is 5.10 Å². The van der Waals surface area contributed by atoms with Crippen molar-refractivity contribution in [2.45, 2.75) is 20.4 Å². The highest BCUT2D eigenvalue weighted by Gasteiger charge is 2.14. The van der Waals surface area contributed by atoms with Crippen molar-refractivity contribution < 1.29 is 9.21 Å². The van der Waals surface area contributed by atoms with E-state index in [0.29, 0.717) is 5.58 Å². The fraction of sp³-hybridized carbons (Fsp3) is 0.130. The number of hydrazone groups is 1. The summed E-state index contributed by atoms with van der Waals surface area (Å²) in [5.74, 6) is -0.195. The Labute approximate surface area is 191 Å². The minimum atomic E-state index is -0.399. The van der Waals surface area contributed by atoms with Crippen LogP contribution in [-0.4, -0.2) is 16.7 Å². The van der Waals surface area contributed by atoms with Gasteiger partial charge in [-0.3, -0.25) is 4.79 Å². The van der Waals surface area contributed by atoms with E-state index >= 15 is 0 Å². The highest BCUT2D eigenvalue weighted by Crippen LogP contribution is 2.31. The van der Waals surface area contributed by atoms with Crippen LogP contribution in [0.3, 0.4) is 0 Å². The van der Waals surface area contributed by atoms with Gasteiger partial charge in [0.25, 0.3) is 0 Å². The molecule has 0 radical (unpaired) electrons. The van der Waals surface area contributed by atoms with E-state index in [1.807, 2.05) is 37.3 Å². The van der Waals surface area contributed by atoms with E-state index < -0.39 is 5.91 Å². The van der Waals surface area contributed by atoms with Crippen LogP contribution in [0.1, 0.15) is 33.1 Å². The lowest BCUT2D eigenvalue weighted by Gasteiger charge is -2.09. The lowest BCUT2D eigenvalue weighted by Crippen LogP contribution is -2.16. The van der Waals surface area contributed by atoms with Crippen LogP contribution >= 0.6 is 31.9 Å². The summed E-state index contributed by atoms with van der Waals surface area (Å²) in [6.45, 7) is 4.91. The third-order valence-electron chi connectivity index (χ3n) is 4.93. The topological polar surface area (TPSA) is 59.5 Å². The molecule has 1 amide bonds. The van der Waals surface area contributed by atoms with Gasteiger partial charge < -0.3 is 8.98 Å². The van der Waals surface area contributed by atoms with Crippen LogP contribution in [0.15, 0.2) is 73.1 Å². The standard InChI is InChI=1S/C23H19Br2N3O2/c1-14-8-18(15(2)28(14)13-16-6-4-3-5-7-16)12-26-27-23(29)21-10-17-9-19(24)11-20(25)22(17)30-21/h3-12H,13H2,1-2H3,(H,27,29)/b26-12-. The van der Waals surface area contributed by atoms with Crippen molar-refractivity contribution in [1.82, 2.24) is 9.99 Å². The van der Waals surface area contributed by atoms with Crippen molar-refractivity contribution >= 4 is 55.0 Å². The van der Waals surface area contributed by atoms with Gasteiger partial charge in [-0.15, -0.1) is 0 Å². The molecule has 1 N–H and O–H groups in total. The predicted octanol–water partition coefficient (Wildman–Crippen LogP) is 6.19. The summed E-state index contributed by atoms with van der Waals surface area (Å²) in [5, 5.41) is 4.96. The number of rotatable bonds is 5. The number of nitrogens with zero attached hydrogens (tertiary/aromatic N) is 2. The molecule has 4 rings (SSSR count). The molecule has 30 heavy (non-hydrogen) atoms. The number of hydrogen-bond acceptors (Lipinski definition) is 3. The molecule has 0 saturated heterocycles. The Hall–Kier alpha value is -2.64. The van der Waals surface area contributed by atoms with Crippen molar-refractivity contribution in [3.8, 4) is 0 Å². The number of halogens is 2. The van der Waals surface area contributed by atoms with Gasteiger partial charge in [-0.05, 0) is 59.6 Å². The summed E-state index contributed by atoms with van der Waals surface area (Å²) in [5.41, 5.74) is 7.59. The molecule has 5 nitrogen and oxygen atoms in total. The molecule has 0 aliphatic heterocycles. The molecule has 2 aromatic carbocycles.